The van der Waals surface area contributed by atoms with Crippen molar-refractivity contribution < 1.29 is 4.74 Å². The van der Waals surface area contributed by atoms with Gasteiger partial charge in [-0.15, -0.1) is 0 Å². The second-order valence-corrected chi connectivity index (χ2v) is 4.80. The van der Waals surface area contributed by atoms with Crippen LogP contribution in [0.5, 0.6) is 5.88 Å². The van der Waals surface area contributed by atoms with E-state index in [2.05, 4.69) is 35.6 Å². The zero-order valence-corrected chi connectivity index (χ0v) is 11.1. The maximum Gasteiger partial charge on any atom is 0.233 e. The third kappa shape index (κ3) is 3.85. The molecule has 0 aliphatic carbocycles. The van der Waals surface area contributed by atoms with E-state index in [-0.39, 0.29) is 5.41 Å². The summed E-state index contributed by atoms with van der Waals surface area (Å²) in [6, 6.07) is 0. The average molecular weight is 238 g/mol. The van der Waals surface area contributed by atoms with Gasteiger partial charge < -0.3 is 15.4 Å². The van der Waals surface area contributed by atoms with Crippen LogP contribution in [0.15, 0.2) is 12.4 Å². The third-order valence-electron chi connectivity index (χ3n) is 2.69. The highest BCUT2D eigenvalue weighted by molar-refractivity contribution is 5.37. The minimum Gasteiger partial charge on any atom is -0.480 e. The summed E-state index contributed by atoms with van der Waals surface area (Å²) in [4.78, 5) is 10.7. The van der Waals surface area contributed by atoms with Gasteiger partial charge in [-0.05, 0) is 18.9 Å². The Kier molecular flexibility index (Phi) is 4.69. The molecular formula is C12H22N4O. The molecule has 96 valence electrons. The molecular weight excluding hydrogens is 216 g/mol. The monoisotopic (exact) mass is 238 g/mol. The molecule has 5 nitrogen and oxygen atoms in total. The first-order valence-corrected chi connectivity index (χ1v) is 5.83. The molecule has 0 radical (unpaired) electrons. The van der Waals surface area contributed by atoms with Crippen molar-refractivity contribution in [1.29, 1.82) is 0 Å². The first kappa shape index (κ1) is 13.7. The van der Waals surface area contributed by atoms with E-state index >= 15 is 0 Å². The topological polar surface area (TPSA) is 64.3 Å². The van der Waals surface area contributed by atoms with Gasteiger partial charge in [-0.1, -0.05) is 13.8 Å². The highest BCUT2D eigenvalue weighted by Gasteiger charge is 2.20. The van der Waals surface area contributed by atoms with Gasteiger partial charge in [0, 0.05) is 13.1 Å². The molecule has 0 amide bonds. The lowest BCUT2D eigenvalue weighted by atomic mass is 9.93. The van der Waals surface area contributed by atoms with Crippen molar-refractivity contribution in [2.45, 2.75) is 20.8 Å². The normalized spacial score (nSPS) is 11.4. The summed E-state index contributed by atoms with van der Waals surface area (Å²) in [5.41, 5.74) is 5.81. The molecule has 1 aromatic heterocycles. The van der Waals surface area contributed by atoms with E-state index in [1.165, 1.54) is 0 Å². The Bertz CT molecular complexity index is 354. The van der Waals surface area contributed by atoms with Crippen LogP contribution in [0.4, 0.5) is 5.82 Å². The molecule has 0 bridgehead atoms. The fourth-order valence-electron chi connectivity index (χ4n) is 1.53. The molecule has 0 spiro atoms. The van der Waals surface area contributed by atoms with Crippen LogP contribution in [0, 0.1) is 5.41 Å². The van der Waals surface area contributed by atoms with E-state index in [1.807, 2.05) is 0 Å². The van der Waals surface area contributed by atoms with Crippen molar-refractivity contribution in [1.82, 2.24) is 9.97 Å². The number of anilines is 1. The van der Waals surface area contributed by atoms with Crippen molar-refractivity contribution in [2.24, 2.45) is 11.1 Å². The lowest BCUT2D eigenvalue weighted by Crippen LogP contribution is -2.39. The van der Waals surface area contributed by atoms with Gasteiger partial charge in [0.2, 0.25) is 5.88 Å². The quantitative estimate of drug-likeness (QED) is 0.809. The number of hydrogen-bond acceptors (Lipinski definition) is 5. The molecule has 0 atom stereocenters. The Morgan fingerprint density at radius 3 is 2.65 bits per heavy atom. The number of hydrogen-bond donors (Lipinski definition) is 1. The predicted octanol–water partition coefficient (Wildman–Crippen LogP) is 1.30. The van der Waals surface area contributed by atoms with Gasteiger partial charge in [0.15, 0.2) is 5.82 Å². The molecule has 1 heterocycles. The van der Waals surface area contributed by atoms with Crippen LogP contribution in [-0.2, 0) is 0 Å². The summed E-state index contributed by atoms with van der Waals surface area (Å²) >= 11 is 0. The van der Waals surface area contributed by atoms with Crippen molar-refractivity contribution in [3.05, 3.63) is 12.4 Å². The maximum atomic E-state index is 5.76. The van der Waals surface area contributed by atoms with Gasteiger partial charge in [-0.3, -0.25) is 4.98 Å². The lowest BCUT2D eigenvalue weighted by molar-refractivity contribution is 0.374. The minimum atomic E-state index is 0.0563. The zero-order chi connectivity index (χ0) is 12.9. The molecule has 0 unspecified atom stereocenters. The predicted molar refractivity (Wildman–Crippen MR) is 69.3 cm³/mol. The Morgan fingerprint density at radius 1 is 1.41 bits per heavy atom. The summed E-state index contributed by atoms with van der Waals surface area (Å²) in [7, 11) is 1.59. The molecule has 5 heteroatoms. The Morgan fingerprint density at radius 2 is 2.12 bits per heavy atom. The van der Waals surface area contributed by atoms with E-state index in [4.69, 9.17) is 10.5 Å². The Hall–Kier alpha value is -1.36. The number of methoxy groups -OCH3 is 1. The van der Waals surface area contributed by atoms with E-state index in [9.17, 15) is 0 Å². The van der Waals surface area contributed by atoms with Crippen LogP contribution in [0.25, 0.3) is 0 Å². The SMILES string of the molecule is CCN(CC(C)(C)CN)c1cncc(OC)n1. The fraction of sp³-hybridized carbons (Fsp3) is 0.667. The summed E-state index contributed by atoms with van der Waals surface area (Å²) in [5.74, 6) is 1.36. The summed E-state index contributed by atoms with van der Waals surface area (Å²) in [6.07, 6.45) is 3.35. The number of ether oxygens (including phenoxy) is 1. The van der Waals surface area contributed by atoms with Crippen molar-refractivity contribution in [3.63, 3.8) is 0 Å². The molecule has 0 fully saturated rings. The van der Waals surface area contributed by atoms with Gasteiger partial charge in [-0.2, -0.15) is 4.98 Å². The van der Waals surface area contributed by atoms with Crippen molar-refractivity contribution >= 4 is 5.82 Å². The van der Waals surface area contributed by atoms with Gasteiger partial charge in [0.05, 0.1) is 19.5 Å². The van der Waals surface area contributed by atoms with Crippen LogP contribution in [0.3, 0.4) is 0 Å². The van der Waals surface area contributed by atoms with E-state index in [0.717, 1.165) is 18.9 Å². The highest BCUT2D eigenvalue weighted by atomic mass is 16.5. The van der Waals surface area contributed by atoms with Crippen LogP contribution >= 0.6 is 0 Å². The molecule has 0 saturated carbocycles. The molecule has 17 heavy (non-hydrogen) atoms. The van der Waals surface area contributed by atoms with Crippen LogP contribution < -0.4 is 15.4 Å². The maximum absolute atomic E-state index is 5.76. The molecule has 0 aliphatic heterocycles. The van der Waals surface area contributed by atoms with Crippen LogP contribution in [-0.4, -0.2) is 36.7 Å². The number of aromatic nitrogens is 2. The standard InChI is InChI=1S/C12H22N4O/c1-5-16(9-12(2,3)8-13)10-6-14-7-11(15-10)17-4/h6-7H,5,8-9,13H2,1-4H3. The smallest absolute Gasteiger partial charge is 0.233 e. The summed E-state index contributed by atoms with van der Waals surface area (Å²) < 4.78 is 5.08. The van der Waals surface area contributed by atoms with Gasteiger partial charge >= 0.3 is 0 Å². The Labute approximate surface area is 103 Å². The van der Waals surface area contributed by atoms with Gasteiger partial charge in [-0.25, -0.2) is 0 Å². The fourth-order valence-corrected chi connectivity index (χ4v) is 1.53. The van der Waals surface area contributed by atoms with Crippen molar-refractivity contribution in [3.8, 4) is 5.88 Å². The summed E-state index contributed by atoms with van der Waals surface area (Å²) in [5, 5.41) is 0. The summed E-state index contributed by atoms with van der Waals surface area (Å²) in [6.45, 7) is 8.73. The van der Waals surface area contributed by atoms with E-state index in [0.29, 0.717) is 12.4 Å². The minimum absolute atomic E-state index is 0.0563. The number of rotatable bonds is 6. The van der Waals surface area contributed by atoms with Crippen LogP contribution in [0.2, 0.25) is 0 Å². The molecule has 1 aromatic rings. The number of nitrogens with two attached hydrogens (primary N) is 1. The number of nitrogens with zero attached hydrogens (tertiary/aromatic N) is 3. The second kappa shape index (κ2) is 5.82. The molecule has 0 aliphatic rings. The second-order valence-electron chi connectivity index (χ2n) is 4.80. The van der Waals surface area contributed by atoms with Crippen LogP contribution in [0.1, 0.15) is 20.8 Å². The third-order valence-corrected chi connectivity index (χ3v) is 2.69. The van der Waals surface area contributed by atoms with E-state index < -0.39 is 0 Å². The Balaban J connectivity index is 2.86. The zero-order valence-electron chi connectivity index (χ0n) is 11.1. The molecule has 1 rings (SSSR count). The molecule has 2 N–H and O–H groups in total. The van der Waals surface area contributed by atoms with E-state index in [1.54, 1.807) is 19.5 Å². The largest absolute Gasteiger partial charge is 0.480 e. The first-order valence-electron chi connectivity index (χ1n) is 5.83. The highest BCUT2D eigenvalue weighted by Crippen LogP contribution is 2.20. The van der Waals surface area contributed by atoms with Gasteiger partial charge in [0.1, 0.15) is 0 Å². The average Bonchev–Trinajstić information content (AvgIpc) is 2.36. The van der Waals surface area contributed by atoms with Gasteiger partial charge in [0.25, 0.3) is 0 Å². The lowest BCUT2D eigenvalue weighted by Gasteiger charge is -2.31. The first-order chi connectivity index (χ1) is 8.02. The molecule has 0 saturated heterocycles. The van der Waals surface area contributed by atoms with Crippen molar-refractivity contribution in [2.75, 3.05) is 31.6 Å². The molecule has 0 aromatic carbocycles.